The van der Waals surface area contributed by atoms with Gasteiger partial charge in [-0.15, -0.1) is 0 Å². The first-order valence-electron chi connectivity index (χ1n) is 6.43. The maximum Gasteiger partial charge on any atom is 0.338 e. The van der Waals surface area contributed by atoms with Gasteiger partial charge in [0.05, 0.1) is 5.56 Å². The predicted octanol–water partition coefficient (Wildman–Crippen LogP) is 4.42. The van der Waals surface area contributed by atoms with E-state index in [0.29, 0.717) is 0 Å². The molecule has 0 spiro atoms. The topological polar surface area (TPSA) is 37.3 Å². The molecule has 1 N–H and O–H groups in total. The van der Waals surface area contributed by atoms with Gasteiger partial charge in [-0.1, -0.05) is 12.1 Å². The van der Waals surface area contributed by atoms with Crippen LogP contribution in [0.2, 0.25) is 0 Å². The van der Waals surface area contributed by atoms with Crippen molar-refractivity contribution < 1.29 is 14.3 Å². The molecule has 0 saturated carbocycles. The fourth-order valence-corrected chi connectivity index (χ4v) is 2.49. The summed E-state index contributed by atoms with van der Waals surface area (Å²) < 4.78 is 13.5. The molecule has 2 rings (SSSR count). The molecule has 0 aromatic heterocycles. The van der Waals surface area contributed by atoms with Crippen molar-refractivity contribution in [3.63, 3.8) is 0 Å². The fourth-order valence-electron chi connectivity index (χ4n) is 2.49. The maximum atomic E-state index is 13.5. The van der Waals surface area contributed by atoms with E-state index in [4.69, 9.17) is 5.11 Å². The monoisotopic (exact) mass is 272 g/mol. The van der Waals surface area contributed by atoms with Crippen LogP contribution in [0, 0.1) is 33.5 Å². The highest BCUT2D eigenvalue weighted by Gasteiger charge is 2.15. The van der Waals surface area contributed by atoms with Gasteiger partial charge in [0.15, 0.2) is 0 Å². The number of halogens is 1. The minimum atomic E-state index is -1.25. The molecule has 20 heavy (non-hydrogen) atoms. The predicted molar refractivity (Wildman–Crippen MR) is 77.7 cm³/mol. The molecule has 2 aromatic rings. The van der Waals surface area contributed by atoms with E-state index in [9.17, 15) is 9.18 Å². The van der Waals surface area contributed by atoms with E-state index in [1.54, 1.807) is 6.07 Å². The number of carboxylic acid groups (broad SMARTS) is 1. The van der Waals surface area contributed by atoms with E-state index >= 15 is 0 Å². The lowest BCUT2D eigenvalue weighted by atomic mass is 9.89. The van der Waals surface area contributed by atoms with Gasteiger partial charge in [0.25, 0.3) is 0 Å². The summed E-state index contributed by atoms with van der Waals surface area (Å²) in [5.74, 6) is -1.95. The highest BCUT2D eigenvalue weighted by Crippen LogP contribution is 2.32. The number of hydrogen-bond acceptors (Lipinski definition) is 1. The summed E-state index contributed by atoms with van der Waals surface area (Å²) in [6.07, 6.45) is 0. The van der Waals surface area contributed by atoms with Crippen molar-refractivity contribution in [2.24, 2.45) is 0 Å². The van der Waals surface area contributed by atoms with Gasteiger partial charge >= 0.3 is 5.97 Å². The first-order valence-corrected chi connectivity index (χ1v) is 6.43. The van der Waals surface area contributed by atoms with Crippen LogP contribution in [-0.2, 0) is 0 Å². The van der Waals surface area contributed by atoms with Gasteiger partial charge in [0.1, 0.15) is 5.82 Å². The van der Waals surface area contributed by atoms with Crippen LogP contribution in [0.25, 0.3) is 11.1 Å². The Labute approximate surface area is 117 Å². The summed E-state index contributed by atoms with van der Waals surface area (Å²) >= 11 is 0. The van der Waals surface area contributed by atoms with Crippen molar-refractivity contribution in [3.05, 3.63) is 57.9 Å². The summed E-state index contributed by atoms with van der Waals surface area (Å²) in [6, 6.07) is 6.37. The van der Waals surface area contributed by atoms with Crippen molar-refractivity contribution >= 4 is 5.97 Å². The van der Waals surface area contributed by atoms with Crippen LogP contribution in [0.4, 0.5) is 4.39 Å². The molecule has 2 aromatic carbocycles. The van der Waals surface area contributed by atoms with Crippen molar-refractivity contribution in [2.45, 2.75) is 27.7 Å². The highest BCUT2D eigenvalue weighted by atomic mass is 19.1. The molecule has 3 heteroatoms. The van der Waals surface area contributed by atoms with Crippen molar-refractivity contribution in [1.82, 2.24) is 0 Å². The van der Waals surface area contributed by atoms with Gasteiger partial charge in [0, 0.05) is 0 Å². The molecule has 0 fully saturated rings. The maximum absolute atomic E-state index is 13.5. The van der Waals surface area contributed by atoms with Gasteiger partial charge in [-0.25, -0.2) is 9.18 Å². The Morgan fingerprint density at radius 2 is 1.55 bits per heavy atom. The van der Waals surface area contributed by atoms with Crippen LogP contribution in [-0.4, -0.2) is 11.1 Å². The van der Waals surface area contributed by atoms with Crippen molar-refractivity contribution in [1.29, 1.82) is 0 Å². The summed E-state index contributed by atoms with van der Waals surface area (Å²) in [6.45, 7) is 8.04. The lowest BCUT2D eigenvalue weighted by Gasteiger charge is -2.16. The van der Waals surface area contributed by atoms with Gasteiger partial charge < -0.3 is 5.11 Å². The Balaban J connectivity index is 2.75. The van der Waals surface area contributed by atoms with Gasteiger partial charge in [-0.2, -0.15) is 0 Å². The summed E-state index contributed by atoms with van der Waals surface area (Å²) in [4.78, 5) is 11.1. The van der Waals surface area contributed by atoms with E-state index in [1.165, 1.54) is 12.1 Å². The van der Waals surface area contributed by atoms with Crippen LogP contribution in [0.5, 0.6) is 0 Å². The molecular formula is C17H17FO2. The second-order valence-corrected chi connectivity index (χ2v) is 5.14. The highest BCUT2D eigenvalue weighted by molar-refractivity contribution is 5.90. The van der Waals surface area contributed by atoms with Crippen LogP contribution in [0.3, 0.4) is 0 Å². The third-order valence-corrected chi connectivity index (χ3v) is 3.85. The zero-order valence-electron chi connectivity index (χ0n) is 12.0. The molecule has 0 aliphatic carbocycles. The quantitative estimate of drug-likeness (QED) is 0.878. The average molecular weight is 272 g/mol. The number of aryl methyl sites for hydroxylation is 2. The second kappa shape index (κ2) is 5.08. The third kappa shape index (κ3) is 2.31. The summed E-state index contributed by atoms with van der Waals surface area (Å²) in [5, 5.41) is 9.04. The van der Waals surface area contributed by atoms with Gasteiger partial charge in [0.2, 0.25) is 0 Å². The average Bonchev–Trinajstić information content (AvgIpc) is 2.38. The molecule has 2 nitrogen and oxygen atoms in total. The molecule has 0 radical (unpaired) electrons. The summed E-state index contributed by atoms with van der Waals surface area (Å²) in [7, 11) is 0. The number of carboxylic acids is 1. The first-order chi connectivity index (χ1) is 9.32. The smallest absolute Gasteiger partial charge is 0.338 e. The van der Waals surface area contributed by atoms with E-state index in [2.05, 4.69) is 6.07 Å². The molecule has 0 saturated heterocycles. The fraction of sp³-hybridized carbons (Fsp3) is 0.235. The molecule has 0 heterocycles. The Morgan fingerprint density at radius 3 is 2.05 bits per heavy atom. The standard InChI is InChI=1S/C17H17FO2/c1-9-7-10(2)12(4)16(11(9)3)13-5-6-15(18)14(8-13)17(19)20/h5-8H,1-4H3,(H,19,20). The van der Waals surface area contributed by atoms with E-state index < -0.39 is 11.8 Å². The van der Waals surface area contributed by atoms with E-state index in [1.807, 2.05) is 27.7 Å². The minimum absolute atomic E-state index is 0.291. The molecule has 0 aliphatic heterocycles. The number of benzene rings is 2. The second-order valence-electron chi connectivity index (χ2n) is 5.14. The normalized spacial score (nSPS) is 10.7. The first kappa shape index (κ1) is 14.3. The number of aromatic carboxylic acids is 1. The molecule has 0 unspecified atom stereocenters. The Kier molecular flexibility index (Phi) is 3.62. The molecule has 0 aliphatic rings. The van der Waals surface area contributed by atoms with Crippen LogP contribution in [0.15, 0.2) is 24.3 Å². The van der Waals surface area contributed by atoms with E-state index in [0.717, 1.165) is 33.4 Å². The van der Waals surface area contributed by atoms with Gasteiger partial charge in [-0.3, -0.25) is 0 Å². The SMILES string of the molecule is Cc1cc(C)c(C)c(-c2ccc(F)c(C(=O)O)c2)c1C. The van der Waals surface area contributed by atoms with E-state index in [-0.39, 0.29) is 5.56 Å². The lowest BCUT2D eigenvalue weighted by molar-refractivity contribution is 0.0692. The van der Waals surface area contributed by atoms with Gasteiger partial charge in [-0.05, 0) is 73.2 Å². The zero-order chi connectivity index (χ0) is 15.0. The lowest BCUT2D eigenvalue weighted by Crippen LogP contribution is -2.02. The van der Waals surface area contributed by atoms with Crippen molar-refractivity contribution in [3.8, 4) is 11.1 Å². The molecule has 0 atom stereocenters. The largest absolute Gasteiger partial charge is 0.478 e. The number of carbonyl (C=O) groups is 1. The van der Waals surface area contributed by atoms with Crippen LogP contribution >= 0.6 is 0 Å². The summed E-state index contributed by atoms with van der Waals surface area (Å²) in [5.41, 5.74) is 5.91. The van der Waals surface area contributed by atoms with Crippen molar-refractivity contribution in [2.75, 3.05) is 0 Å². The van der Waals surface area contributed by atoms with Crippen LogP contribution < -0.4 is 0 Å². The van der Waals surface area contributed by atoms with Crippen LogP contribution in [0.1, 0.15) is 32.6 Å². The zero-order valence-corrected chi connectivity index (χ0v) is 12.0. The molecule has 104 valence electrons. The molecular weight excluding hydrogens is 255 g/mol. The third-order valence-electron chi connectivity index (χ3n) is 3.85. The Bertz CT molecular complexity index is 676. The number of rotatable bonds is 2. The number of hydrogen-bond donors (Lipinski definition) is 1. The minimum Gasteiger partial charge on any atom is -0.478 e. The Morgan fingerprint density at radius 1 is 1.00 bits per heavy atom. The molecule has 0 bridgehead atoms. The molecule has 0 amide bonds. The Hall–Kier alpha value is -2.16.